The first-order valence-corrected chi connectivity index (χ1v) is 9.34. The van der Waals surface area contributed by atoms with Crippen molar-refractivity contribution in [1.29, 1.82) is 0 Å². The zero-order valence-electron chi connectivity index (χ0n) is 12.8. The highest BCUT2D eigenvalue weighted by atomic mass is 79.9. The number of rotatable bonds is 2. The molecular formula is C22H14Br2. The number of hydrogen-bond donors (Lipinski definition) is 0. The Morgan fingerprint density at radius 3 is 1.79 bits per heavy atom. The van der Waals surface area contributed by atoms with E-state index in [4.69, 9.17) is 0 Å². The summed E-state index contributed by atoms with van der Waals surface area (Å²) >= 11 is 7.20. The fourth-order valence-corrected chi connectivity index (χ4v) is 3.81. The SMILES string of the molecule is Brc1ccc2c(c1)C(=C/C=C/c1ccccc1)c1cc(Br)ccc1-2. The molecule has 0 fully saturated rings. The lowest BCUT2D eigenvalue weighted by Crippen LogP contribution is -1.81. The fourth-order valence-electron chi connectivity index (χ4n) is 3.09. The Balaban J connectivity index is 1.83. The van der Waals surface area contributed by atoms with E-state index in [1.165, 1.54) is 33.4 Å². The quantitative estimate of drug-likeness (QED) is 0.307. The Bertz CT molecular complexity index is 913. The molecule has 0 heterocycles. The van der Waals surface area contributed by atoms with Crippen molar-refractivity contribution in [3.05, 3.63) is 105 Å². The Morgan fingerprint density at radius 1 is 0.625 bits per heavy atom. The molecule has 4 rings (SSSR count). The van der Waals surface area contributed by atoms with Crippen LogP contribution in [0.3, 0.4) is 0 Å². The molecule has 1 aliphatic rings. The minimum atomic E-state index is 1.10. The first-order valence-electron chi connectivity index (χ1n) is 7.76. The van der Waals surface area contributed by atoms with Crippen LogP contribution in [0.25, 0.3) is 22.8 Å². The molecule has 0 aromatic heterocycles. The molecule has 24 heavy (non-hydrogen) atoms. The van der Waals surface area contributed by atoms with Gasteiger partial charge in [0.15, 0.2) is 0 Å². The molecule has 116 valence electrons. The van der Waals surface area contributed by atoms with Crippen LogP contribution in [0.1, 0.15) is 16.7 Å². The smallest absolute Gasteiger partial charge is 0.0181 e. The Morgan fingerprint density at radius 2 is 1.21 bits per heavy atom. The van der Waals surface area contributed by atoms with E-state index in [9.17, 15) is 0 Å². The van der Waals surface area contributed by atoms with E-state index in [1.807, 2.05) is 6.07 Å². The number of allylic oxidation sites excluding steroid dienone is 2. The van der Waals surface area contributed by atoms with Gasteiger partial charge in [-0.2, -0.15) is 0 Å². The number of halogens is 2. The van der Waals surface area contributed by atoms with Crippen LogP contribution >= 0.6 is 31.9 Å². The average molecular weight is 438 g/mol. The Hall–Kier alpha value is -1.90. The topological polar surface area (TPSA) is 0 Å². The summed E-state index contributed by atoms with van der Waals surface area (Å²) in [6, 6.07) is 23.4. The predicted octanol–water partition coefficient (Wildman–Crippen LogP) is 7.34. The van der Waals surface area contributed by atoms with Crippen molar-refractivity contribution < 1.29 is 0 Å². The molecule has 0 nitrogen and oxygen atoms in total. The predicted molar refractivity (Wildman–Crippen MR) is 110 cm³/mol. The van der Waals surface area contributed by atoms with Gasteiger partial charge in [0, 0.05) is 8.95 Å². The largest absolute Gasteiger partial charge is 0.0622 e. The minimum Gasteiger partial charge on any atom is -0.0622 e. The van der Waals surface area contributed by atoms with Crippen molar-refractivity contribution in [1.82, 2.24) is 0 Å². The Kier molecular flexibility index (Phi) is 4.26. The summed E-state index contributed by atoms with van der Waals surface area (Å²) in [4.78, 5) is 0. The zero-order valence-corrected chi connectivity index (χ0v) is 16.0. The third-order valence-electron chi connectivity index (χ3n) is 4.18. The molecular weight excluding hydrogens is 424 g/mol. The van der Waals surface area contributed by atoms with Crippen LogP contribution in [-0.2, 0) is 0 Å². The second kappa shape index (κ2) is 6.54. The minimum absolute atomic E-state index is 1.10. The highest BCUT2D eigenvalue weighted by molar-refractivity contribution is 9.10. The molecule has 0 bridgehead atoms. The second-order valence-electron chi connectivity index (χ2n) is 5.73. The molecule has 0 atom stereocenters. The van der Waals surface area contributed by atoms with E-state index in [0.29, 0.717) is 0 Å². The van der Waals surface area contributed by atoms with Crippen LogP contribution in [0.2, 0.25) is 0 Å². The fraction of sp³-hybridized carbons (Fsp3) is 0. The van der Waals surface area contributed by atoms with Gasteiger partial charge in [0.1, 0.15) is 0 Å². The zero-order chi connectivity index (χ0) is 16.5. The van der Waals surface area contributed by atoms with Gasteiger partial charge in [-0.1, -0.05) is 92.6 Å². The first kappa shape index (κ1) is 15.6. The third-order valence-corrected chi connectivity index (χ3v) is 5.17. The van der Waals surface area contributed by atoms with E-state index in [2.05, 4.69) is 111 Å². The summed E-state index contributed by atoms with van der Waals surface area (Å²) in [6.45, 7) is 0. The summed E-state index contributed by atoms with van der Waals surface area (Å²) in [7, 11) is 0. The van der Waals surface area contributed by atoms with Gasteiger partial charge in [0.25, 0.3) is 0 Å². The summed E-state index contributed by atoms with van der Waals surface area (Å²) < 4.78 is 2.21. The highest BCUT2D eigenvalue weighted by Crippen LogP contribution is 2.46. The molecule has 3 aromatic carbocycles. The lowest BCUT2D eigenvalue weighted by Gasteiger charge is -2.02. The molecule has 0 N–H and O–H groups in total. The third kappa shape index (κ3) is 2.92. The van der Waals surface area contributed by atoms with Crippen molar-refractivity contribution in [2.24, 2.45) is 0 Å². The van der Waals surface area contributed by atoms with Gasteiger partial charge in [0.2, 0.25) is 0 Å². The average Bonchev–Trinajstić information content (AvgIpc) is 2.88. The van der Waals surface area contributed by atoms with E-state index < -0.39 is 0 Å². The van der Waals surface area contributed by atoms with Gasteiger partial charge < -0.3 is 0 Å². The van der Waals surface area contributed by atoms with Gasteiger partial charge in [0.05, 0.1) is 0 Å². The van der Waals surface area contributed by atoms with Crippen molar-refractivity contribution in [3.63, 3.8) is 0 Å². The van der Waals surface area contributed by atoms with Gasteiger partial charge in [-0.15, -0.1) is 0 Å². The number of fused-ring (bicyclic) bond motifs is 3. The van der Waals surface area contributed by atoms with Crippen LogP contribution in [0.15, 0.2) is 87.8 Å². The van der Waals surface area contributed by atoms with E-state index in [1.54, 1.807) is 0 Å². The maximum Gasteiger partial charge on any atom is 0.0181 e. The molecule has 0 amide bonds. The lowest BCUT2D eigenvalue weighted by molar-refractivity contribution is 1.60. The highest BCUT2D eigenvalue weighted by Gasteiger charge is 2.23. The maximum atomic E-state index is 3.60. The lowest BCUT2D eigenvalue weighted by atomic mass is 10.0. The van der Waals surface area contributed by atoms with Crippen LogP contribution in [0, 0.1) is 0 Å². The monoisotopic (exact) mass is 436 g/mol. The van der Waals surface area contributed by atoms with Gasteiger partial charge in [-0.05, 0) is 57.7 Å². The normalized spacial score (nSPS) is 12.3. The standard InChI is InChI=1S/C22H14Br2/c23-16-9-11-19-20-12-10-17(24)14-22(20)18(21(19)13-16)8-4-7-15-5-2-1-3-6-15/h1-14H/b7-4+. The number of hydrogen-bond acceptors (Lipinski definition) is 0. The maximum absolute atomic E-state index is 3.60. The van der Waals surface area contributed by atoms with Crippen LogP contribution in [0.5, 0.6) is 0 Å². The van der Waals surface area contributed by atoms with Crippen LogP contribution < -0.4 is 0 Å². The molecule has 0 radical (unpaired) electrons. The molecule has 2 heteroatoms. The van der Waals surface area contributed by atoms with Gasteiger partial charge >= 0.3 is 0 Å². The summed E-state index contributed by atoms with van der Waals surface area (Å²) in [6.07, 6.45) is 6.47. The first-order chi connectivity index (χ1) is 11.7. The van der Waals surface area contributed by atoms with Crippen molar-refractivity contribution in [2.45, 2.75) is 0 Å². The second-order valence-corrected chi connectivity index (χ2v) is 7.56. The van der Waals surface area contributed by atoms with Crippen molar-refractivity contribution >= 4 is 43.5 Å². The van der Waals surface area contributed by atoms with Crippen LogP contribution in [0.4, 0.5) is 0 Å². The van der Waals surface area contributed by atoms with Crippen molar-refractivity contribution in [3.8, 4) is 11.1 Å². The van der Waals surface area contributed by atoms with Gasteiger partial charge in [-0.25, -0.2) is 0 Å². The van der Waals surface area contributed by atoms with E-state index in [0.717, 1.165) is 8.95 Å². The molecule has 0 spiro atoms. The van der Waals surface area contributed by atoms with E-state index >= 15 is 0 Å². The summed E-state index contributed by atoms with van der Waals surface area (Å²) in [5.74, 6) is 0. The molecule has 0 unspecified atom stereocenters. The Labute approximate surface area is 158 Å². The van der Waals surface area contributed by atoms with Gasteiger partial charge in [-0.3, -0.25) is 0 Å². The summed E-state index contributed by atoms with van der Waals surface area (Å²) in [5, 5.41) is 0. The molecule has 0 saturated carbocycles. The molecule has 0 aliphatic heterocycles. The molecule has 3 aromatic rings. The van der Waals surface area contributed by atoms with E-state index in [-0.39, 0.29) is 0 Å². The van der Waals surface area contributed by atoms with Crippen LogP contribution in [-0.4, -0.2) is 0 Å². The number of benzene rings is 3. The molecule has 0 saturated heterocycles. The molecule has 1 aliphatic carbocycles. The summed E-state index contributed by atoms with van der Waals surface area (Å²) in [5.41, 5.74) is 7.59. The van der Waals surface area contributed by atoms with Crippen molar-refractivity contribution in [2.75, 3.05) is 0 Å².